The predicted octanol–water partition coefficient (Wildman–Crippen LogP) is 2.44. The summed E-state index contributed by atoms with van der Waals surface area (Å²) in [5.41, 5.74) is 0. The van der Waals surface area contributed by atoms with Gasteiger partial charge in [0.25, 0.3) is 0 Å². The van der Waals surface area contributed by atoms with Gasteiger partial charge in [0.05, 0.1) is 12.0 Å². The Morgan fingerprint density at radius 3 is 2.05 bits per heavy atom. The number of aliphatic carboxylic acids is 1. The lowest BCUT2D eigenvalue weighted by atomic mass is 10.0. The van der Waals surface area contributed by atoms with Crippen molar-refractivity contribution in [2.45, 2.75) is 22.5 Å². The highest BCUT2D eigenvalue weighted by Gasteiger charge is 2.49. The van der Waals surface area contributed by atoms with Crippen LogP contribution >= 0.6 is 0 Å². The zero-order valence-corrected chi connectivity index (χ0v) is 12.6. The van der Waals surface area contributed by atoms with Crippen molar-refractivity contribution in [3.63, 3.8) is 0 Å². The Bertz CT molecular complexity index is 619. The third kappa shape index (κ3) is 3.00. The first-order valence-electron chi connectivity index (χ1n) is 6.19. The fourth-order valence-electron chi connectivity index (χ4n) is 2.04. The van der Waals surface area contributed by atoms with Crippen molar-refractivity contribution >= 4 is 15.8 Å². The van der Waals surface area contributed by atoms with Crippen molar-refractivity contribution in [2.75, 3.05) is 7.11 Å². The summed E-state index contributed by atoms with van der Waals surface area (Å²) in [6.45, 7) is 6.93. The molecule has 0 atom stereocenters. The number of benzene rings is 1. The Labute approximate surface area is 124 Å². The van der Waals surface area contributed by atoms with Crippen molar-refractivity contribution in [3.8, 4) is 5.75 Å². The van der Waals surface area contributed by atoms with E-state index in [1.165, 1.54) is 43.5 Å². The van der Waals surface area contributed by atoms with E-state index in [0.717, 1.165) is 0 Å². The van der Waals surface area contributed by atoms with Crippen LogP contribution in [0.25, 0.3) is 0 Å². The second kappa shape index (κ2) is 6.58. The topological polar surface area (TPSA) is 80.7 Å². The minimum atomic E-state index is -4.11. The summed E-state index contributed by atoms with van der Waals surface area (Å²) in [5, 5.41) is 9.48. The summed E-state index contributed by atoms with van der Waals surface area (Å²) < 4.78 is 28.5. The Morgan fingerprint density at radius 2 is 1.71 bits per heavy atom. The van der Waals surface area contributed by atoms with Crippen LogP contribution in [0.3, 0.4) is 0 Å². The lowest BCUT2D eigenvalue weighted by Crippen LogP contribution is -2.45. The minimum absolute atomic E-state index is 0.0746. The number of rotatable bonds is 8. The molecular weight excluding hydrogens is 292 g/mol. The summed E-state index contributed by atoms with van der Waals surface area (Å²) in [7, 11) is -2.65. The van der Waals surface area contributed by atoms with Gasteiger partial charge in [0.1, 0.15) is 5.75 Å². The Hall–Kier alpha value is -2.08. The molecule has 0 saturated carbocycles. The molecule has 0 amide bonds. The molecule has 0 fully saturated rings. The quantitative estimate of drug-likeness (QED) is 0.746. The van der Waals surface area contributed by atoms with Gasteiger partial charge < -0.3 is 9.84 Å². The van der Waals surface area contributed by atoms with Crippen molar-refractivity contribution in [2.24, 2.45) is 0 Å². The molecule has 0 aliphatic rings. The number of carboxylic acid groups (broad SMARTS) is 1. The second-order valence-corrected chi connectivity index (χ2v) is 6.72. The van der Waals surface area contributed by atoms with E-state index in [9.17, 15) is 18.3 Å². The summed E-state index contributed by atoms with van der Waals surface area (Å²) in [6, 6.07) is 5.61. The molecule has 114 valence electrons. The van der Waals surface area contributed by atoms with Crippen LogP contribution in [0, 0.1) is 0 Å². The Kier molecular flexibility index (Phi) is 5.32. The van der Waals surface area contributed by atoms with Gasteiger partial charge in [-0.15, -0.1) is 13.2 Å². The fourth-order valence-corrected chi connectivity index (χ4v) is 3.89. The van der Waals surface area contributed by atoms with Gasteiger partial charge in [0.2, 0.25) is 0 Å². The number of sulfone groups is 1. The number of ether oxygens (including phenoxy) is 1. The van der Waals surface area contributed by atoms with E-state index in [1.807, 2.05) is 0 Å². The zero-order valence-electron chi connectivity index (χ0n) is 11.8. The number of carbonyl (C=O) groups is 1. The molecule has 1 N–H and O–H groups in total. The van der Waals surface area contributed by atoms with Gasteiger partial charge in [-0.1, -0.05) is 12.2 Å². The molecule has 0 heterocycles. The summed E-state index contributed by atoms with van der Waals surface area (Å²) in [6.07, 6.45) is 2.17. The van der Waals surface area contributed by atoms with Gasteiger partial charge in [0.15, 0.2) is 14.6 Å². The van der Waals surface area contributed by atoms with E-state index in [2.05, 4.69) is 13.2 Å². The number of hydrogen-bond donors (Lipinski definition) is 1. The van der Waals surface area contributed by atoms with Crippen LogP contribution < -0.4 is 4.74 Å². The van der Waals surface area contributed by atoms with Crippen molar-refractivity contribution in [1.29, 1.82) is 0 Å². The van der Waals surface area contributed by atoms with Crippen LogP contribution in [0.15, 0.2) is 54.5 Å². The van der Waals surface area contributed by atoms with Crippen LogP contribution in [0.1, 0.15) is 12.8 Å². The van der Waals surface area contributed by atoms with Gasteiger partial charge in [-0.05, 0) is 37.1 Å². The molecule has 0 radical (unpaired) electrons. The van der Waals surface area contributed by atoms with Crippen molar-refractivity contribution in [3.05, 3.63) is 49.6 Å². The van der Waals surface area contributed by atoms with E-state index in [0.29, 0.717) is 5.75 Å². The highest BCUT2D eigenvalue weighted by atomic mass is 32.2. The predicted molar refractivity (Wildman–Crippen MR) is 80.2 cm³/mol. The monoisotopic (exact) mass is 310 g/mol. The zero-order chi connectivity index (χ0) is 16.1. The smallest absolute Gasteiger partial charge is 0.326 e. The standard InChI is InChI=1S/C15H18O5S/c1-4-10-15(11-5-2,14(16)17)21(18,19)13-8-6-12(20-3)7-9-13/h4-9H,1-2,10-11H2,3H3,(H,16,17). The third-order valence-electron chi connectivity index (χ3n) is 3.22. The lowest BCUT2D eigenvalue weighted by molar-refractivity contribution is -0.140. The molecule has 0 unspecified atom stereocenters. The number of methoxy groups -OCH3 is 1. The van der Waals surface area contributed by atoms with Crippen LogP contribution in [0.5, 0.6) is 5.75 Å². The van der Waals surface area contributed by atoms with Gasteiger partial charge in [-0.3, -0.25) is 4.79 Å². The summed E-state index contributed by atoms with van der Waals surface area (Å²) >= 11 is 0. The van der Waals surface area contributed by atoms with Crippen LogP contribution in [0.2, 0.25) is 0 Å². The average molecular weight is 310 g/mol. The fraction of sp³-hybridized carbons (Fsp3) is 0.267. The molecule has 0 bridgehead atoms. The second-order valence-electron chi connectivity index (χ2n) is 4.46. The van der Waals surface area contributed by atoms with Gasteiger partial charge in [-0.25, -0.2) is 8.42 Å². The minimum Gasteiger partial charge on any atom is -0.497 e. The Balaban J connectivity index is 3.47. The molecular formula is C15H18O5S. The largest absolute Gasteiger partial charge is 0.497 e. The lowest BCUT2D eigenvalue weighted by Gasteiger charge is -2.27. The molecule has 0 aliphatic carbocycles. The molecule has 1 rings (SSSR count). The third-order valence-corrected chi connectivity index (χ3v) is 5.65. The van der Waals surface area contributed by atoms with E-state index < -0.39 is 20.6 Å². The van der Waals surface area contributed by atoms with Gasteiger partial charge in [-0.2, -0.15) is 0 Å². The molecule has 0 aliphatic heterocycles. The average Bonchev–Trinajstić information content (AvgIpc) is 2.46. The molecule has 6 heteroatoms. The maximum atomic E-state index is 12.8. The molecule has 21 heavy (non-hydrogen) atoms. The highest BCUT2D eigenvalue weighted by Crippen LogP contribution is 2.34. The SMILES string of the molecule is C=CCC(CC=C)(C(=O)O)S(=O)(=O)c1ccc(OC)cc1. The number of allylic oxidation sites excluding steroid dienone is 2. The van der Waals surface area contributed by atoms with Gasteiger partial charge >= 0.3 is 5.97 Å². The summed E-state index contributed by atoms with van der Waals surface area (Å²) in [5.74, 6) is -0.930. The van der Waals surface area contributed by atoms with E-state index >= 15 is 0 Å². The molecule has 1 aromatic carbocycles. The normalized spacial score (nSPS) is 11.7. The van der Waals surface area contributed by atoms with Crippen LogP contribution in [-0.4, -0.2) is 31.4 Å². The molecule has 0 saturated heterocycles. The first kappa shape index (κ1) is 17.0. The molecule has 5 nitrogen and oxygen atoms in total. The number of hydrogen-bond acceptors (Lipinski definition) is 4. The highest BCUT2D eigenvalue weighted by molar-refractivity contribution is 7.93. The first-order chi connectivity index (χ1) is 9.85. The van der Waals surface area contributed by atoms with Gasteiger partial charge in [0, 0.05) is 0 Å². The first-order valence-corrected chi connectivity index (χ1v) is 7.68. The van der Waals surface area contributed by atoms with Crippen LogP contribution in [-0.2, 0) is 14.6 Å². The van der Waals surface area contributed by atoms with Crippen LogP contribution in [0.4, 0.5) is 0 Å². The van der Waals surface area contributed by atoms with Crippen molar-refractivity contribution in [1.82, 2.24) is 0 Å². The van der Waals surface area contributed by atoms with Crippen molar-refractivity contribution < 1.29 is 23.1 Å². The van der Waals surface area contributed by atoms with E-state index in [-0.39, 0.29) is 17.7 Å². The van der Waals surface area contributed by atoms with E-state index in [4.69, 9.17) is 4.74 Å². The molecule has 1 aromatic rings. The van der Waals surface area contributed by atoms with E-state index in [1.54, 1.807) is 0 Å². The Morgan fingerprint density at radius 1 is 1.24 bits per heavy atom. The maximum absolute atomic E-state index is 12.8. The maximum Gasteiger partial charge on any atom is 0.326 e. The molecule has 0 spiro atoms. The molecule has 0 aromatic heterocycles. The number of carboxylic acids is 1. The summed E-state index contributed by atoms with van der Waals surface area (Å²) in [4.78, 5) is 11.6.